The molecule has 2 aromatic heterocycles. The molecule has 4 rings (SSSR count). The summed E-state index contributed by atoms with van der Waals surface area (Å²) in [7, 11) is -1.80. The second kappa shape index (κ2) is 9.28. The van der Waals surface area contributed by atoms with E-state index in [2.05, 4.69) is 20.4 Å². The van der Waals surface area contributed by atoms with Crippen LogP contribution < -0.4 is 5.32 Å². The van der Waals surface area contributed by atoms with E-state index < -0.39 is 10.0 Å². The lowest BCUT2D eigenvalue weighted by Crippen LogP contribution is -2.38. The van der Waals surface area contributed by atoms with Gasteiger partial charge in [-0.3, -0.25) is 4.68 Å². The first kappa shape index (κ1) is 22.9. The normalized spacial score (nSPS) is 15.4. The molecule has 174 valence electrons. The number of carbonyl (C=O) groups is 1. The number of sulfonamides is 1. The third-order valence-electron chi connectivity index (χ3n) is 5.68. The lowest BCUT2D eigenvalue weighted by Gasteiger charge is -2.30. The van der Waals surface area contributed by atoms with E-state index in [1.54, 1.807) is 24.5 Å². The monoisotopic (exact) mass is 470 g/mol. The fourth-order valence-corrected chi connectivity index (χ4v) is 4.72. The summed E-state index contributed by atoms with van der Waals surface area (Å²) in [4.78, 5) is 20.7. The lowest BCUT2D eigenvalue weighted by atomic mass is 10.1. The van der Waals surface area contributed by atoms with Gasteiger partial charge in [-0.25, -0.2) is 27.5 Å². The van der Waals surface area contributed by atoms with Crippen molar-refractivity contribution in [2.75, 3.05) is 31.8 Å². The molecule has 0 saturated carbocycles. The number of esters is 1. The molecule has 1 N–H and O–H groups in total. The van der Waals surface area contributed by atoms with Gasteiger partial charge < -0.3 is 10.1 Å². The lowest BCUT2D eigenvalue weighted by molar-refractivity contribution is 0.0600. The predicted octanol–water partition coefficient (Wildman–Crippen LogP) is 2.78. The molecule has 0 atom stereocenters. The largest absolute Gasteiger partial charge is 0.465 e. The Bertz CT molecular complexity index is 1250. The fraction of sp³-hybridized carbons (Fsp3) is 0.364. The van der Waals surface area contributed by atoms with Crippen LogP contribution in [0.3, 0.4) is 0 Å². The van der Waals surface area contributed by atoms with Gasteiger partial charge in [0.05, 0.1) is 42.5 Å². The Morgan fingerprint density at radius 1 is 1.15 bits per heavy atom. The first-order valence-corrected chi connectivity index (χ1v) is 12.4. The van der Waals surface area contributed by atoms with Gasteiger partial charge in [0.15, 0.2) is 0 Å². The van der Waals surface area contributed by atoms with Crippen LogP contribution in [0.1, 0.15) is 34.8 Å². The molecule has 0 radical (unpaired) electrons. The van der Waals surface area contributed by atoms with Crippen LogP contribution in [-0.2, 0) is 14.8 Å². The molecular formula is C22H26N6O4S. The summed E-state index contributed by atoms with van der Waals surface area (Å²) >= 11 is 0. The molecule has 11 heteroatoms. The van der Waals surface area contributed by atoms with E-state index in [9.17, 15) is 13.2 Å². The minimum Gasteiger partial charge on any atom is -0.465 e. The van der Waals surface area contributed by atoms with Crippen molar-refractivity contribution in [3.8, 4) is 11.3 Å². The molecule has 1 fully saturated rings. The van der Waals surface area contributed by atoms with Gasteiger partial charge in [0.1, 0.15) is 0 Å². The number of hydrogen-bond acceptors (Lipinski definition) is 8. The van der Waals surface area contributed by atoms with Gasteiger partial charge in [-0.2, -0.15) is 5.10 Å². The van der Waals surface area contributed by atoms with Crippen LogP contribution in [0.15, 0.2) is 42.9 Å². The maximum absolute atomic E-state index is 11.7. The van der Waals surface area contributed by atoms with Crippen molar-refractivity contribution < 1.29 is 17.9 Å². The van der Waals surface area contributed by atoms with E-state index in [1.165, 1.54) is 17.7 Å². The zero-order valence-corrected chi connectivity index (χ0v) is 19.5. The predicted molar refractivity (Wildman–Crippen MR) is 124 cm³/mol. The van der Waals surface area contributed by atoms with Crippen molar-refractivity contribution in [2.45, 2.75) is 25.8 Å². The third kappa shape index (κ3) is 5.20. The van der Waals surface area contributed by atoms with Crippen molar-refractivity contribution in [3.63, 3.8) is 0 Å². The van der Waals surface area contributed by atoms with Gasteiger partial charge in [-0.05, 0) is 37.5 Å². The molecule has 3 heterocycles. The Morgan fingerprint density at radius 3 is 2.48 bits per heavy atom. The number of nitrogens with zero attached hydrogens (tertiary/aromatic N) is 5. The van der Waals surface area contributed by atoms with Crippen LogP contribution in [-0.4, -0.2) is 64.9 Å². The Morgan fingerprint density at radius 2 is 1.85 bits per heavy atom. The highest BCUT2D eigenvalue weighted by Gasteiger charge is 2.26. The SMILES string of the molecule is COC(=O)c1ccc(-c2nc(Nc3cnn(C4CCN(S(C)(=O)=O)CC4)c3)ncc2C)cc1. The van der Waals surface area contributed by atoms with Crippen molar-refractivity contribution in [2.24, 2.45) is 0 Å². The molecule has 1 aromatic carbocycles. The second-order valence-corrected chi connectivity index (χ2v) is 10.0. The minimum absolute atomic E-state index is 0.140. The third-order valence-corrected chi connectivity index (χ3v) is 6.98. The van der Waals surface area contributed by atoms with E-state index in [0.29, 0.717) is 37.4 Å². The van der Waals surface area contributed by atoms with Crippen molar-refractivity contribution in [1.29, 1.82) is 0 Å². The van der Waals surface area contributed by atoms with Crippen LogP contribution in [0.4, 0.5) is 11.6 Å². The summed E-state index contributed by atoms with van der Waals surface area (Å²) in [5, 5.41) is 7.63. The topological polar surface area (TPSA) is 119 Å². The highest BCUT2D eigenvalue weighted by Crippen LogP contribution is 2.26. The number of carbonyl (C=O) groups excluding carboxylic acids is 1. The van der Waals surface area contributed by atoms with Gasteiger partial charge in [0.2, 0.25) is 16.0 Å². The summed E-state index contributed by atoms with van der Waals surface area (Å²) in [5.74, 6) is 0.0430. The molecule has 0 unspecified atom stereocenters. The summed E-state index contributed by atoms with van der Waals surface area (Å²) in [6.45, 7) is 2.91. The van der Waals surface area contributed by atoms with Crippen molar-refractivity contribution in [1.82, 2.24) is 24.1 Å². The van der Waals surface area contributed by atoms with E-state index in [4.69, 9.17) is 4.74 Å². The van der Waals surface area contributed by atoms with Crippen LogP contribution in [0.2, 0.25) is 0 Å². The molecule has 0 bridgehead atoms. The number of ether oxygens (including phenoxy) is 1. The molecule has 1 saturated heterocycles. The first-order valence-electron chi connectivity index (χ1n) is 10.5. The summed E-state index contributed by atoms with van der Waals surface area (Å²) in [6.07, 6.45) is 7.99. The Kier molecular flexibility index (Phi) is 6.43. The van der Waals surface area contributed by atoms with Crippen LogP contribution in [0.5, 0.6) is 0 Å². The maximum Gasteiger partial charge on any atom is 0.337 e. The Hall–Kier alpha value is -3.31. The highest BCUT2D eigenvalue weighted by molar-refractivity contribution is 7.88. The molecule has 3 aromatic rings. The number of benzene rings is 1. The summed E-state index contributed by atoms with van der Waals surface area (Å²) in [5.41, 5.74) is 3.74. The number of rotatable bonds is 6. The van der Waals surface area contributed by atoms with E-state index in [0.717, 1.165) is 22.5 Å². The van der Waals surface area contributed by atoms with Gasteiger partial charge in [0, 0.05) is 31.0 Å². The smallest absolute Gasteiger partial charge is 0.337 e. The van der Waals surface area contributed by atoms with Crippen molar-refractivity contribution >= 4 is 27.6 Å². The molecule has 0 aliphatic carbocycles. The molecule has 1 aliphatic heterocycles. The molecular weight excluding hydrogens is 444 g/mol. The van der Waals surface area contributed by atoms with E-state index in [1.807, 2.05) is 29.9 Å². The Labute approximate surface area is 192 Å². The first-order chi connectivity index (χ1) is 15.7. The number of nitrogens with one attached hydrogen (secondary N) is 1. The van der Waals surface area contributed by atoms with E-state index >= 15 is 0 Å². The van der Waals surface area contributed by atoms with Crippen LogP contribution in [0, 0.1) is 6.92 Å². The number of aromatic nitrogens is 4. The number of hydrogen-bond donors (Lipinski definition) is 1. The Balaban J connectivity index is 1.46. The zero-order chi connectivity index (χ0) is 23.6. The highest BCUT2D eigenvalue weighted by atomic mass is 32.2. The second-order valence-electron chi connectivity index (χ2n) is 8.02. The summed E-state index contributed by atoms with van der Waals surface area (Å²) < 4.78 is 31.5. The summed E-state index contributed by atoms with van der Waals surface area (Å²) in [6, 6.07) is 7.20. The van der Waals surface area contributed by atoms with Gasteiger partial charge in [-0.1, -0.05) is 12.1 Å². The zero-order valence-electron chi connectivity index (χ0n) is 18.7. The molecule has 0 spiro atoms. The number of methoxy groups -OCH3 is 1. The average molecular weight is 471 g/mol. The molecule has 33 heavy (non-hydrogen) atoms. The average Bonchev–Trinajstić information content (AvgIpc) is 3.28. The molecule has 1 aliphatic rings. The number of piperidine rings is 1. The minimum atomic E-state index is -3.15. The van der Waals surface area contributed by atoms with Gasteiger partial charge in [-0.15, -0.1) is 0 Å². The van der Waals surface area contributed by atoms with Crippen LogP contribution >= 0.6 is 0 Å². The maximum atomic E-state index is 11.7. The fourth-order valence-electron chi connectivity index (χ4n) is 3.85. The number of anilines is 2. The van der Waals surface area contributed by atoms with Gasteiger partial charge in [0.25, 0.3) is 0 Å². The van der Waals surface area contributed by atoms with E-state index in [-0.39, 0.29) is 12.0 Å². The molecule has 0 amide bonds. The van der Waals surface area contributed by atoms with Gasteiger partial charge >= 0.3 is 5.97 Å². The molecule has 10 nitrogen and oxygen atoms in total. The van der Waals surface area contributed by atoms with Crippen molar-refractivity contribution in [3.05, 3.63) is 54.0 Å². The number of aryl methyl sites for hydroxylation is 1. The quantitative estimate of drug-likeness (QED) is 0.546. The standard InChI is InChI=1S/C22H26N6O4S/c1-15-12-23-22(26-20(15)16-4-6-17(7-5-16)21(29)32-2)25-18-13-24-28(14-18)19-8-10-27(11-9-19)33(3,30)31/h4-7,12-14,19H,8-11H2,1-3H3,(H,23,25,26). The van der Waals surface area contributed by atoms with Crippen LogP contribution in [0.25, 0.3) is 11.3 Å².